The first kappa shape index (κ1) is 28.6. The molecule has 6 rings (SSSR count). The van der Waals surface area contributed by atoms with E-state index in [0.29, 0.717) is 34.7 Å². The Morgan fingerprint density at radius 2 is 1.83 bits per heavy atom. The van der Waals surface area contributed by atoms with Crippen LogP contribution in [0.4, 0.5) is 10.1 Å². The first-order valence-electron chi connectivity index (χ1n) is 13.4. The molecule has 3 aromatic carbocycles. The van der Waals surface area contributed by atoms with Crippen molar-refractivity contribution < 1.29 is 23.8 Å². The van der Waals surface area contributed by atoms with Crippen LogP contribution in [0.15, 0.2) is 83.8 Å². The fourth-order valence-corrected chi connectivity index (χ4v) is 4.37. The Hall–Kier alpha value is -4.96. The summed E-state index contributed by atoms with van der Waals surface area (Å²) >= 11 is 0. The van der Waals surface area contributed by atoms with Gasteiger partial charge in [-0.15, -0.1) is 0 Å². The van der Waals surface area contributed by atoms with Crippen molar-refractivity contribution in [2.75, 3.05) is 19.0 Å². The first-order chi connectivity index (χ1) is 20.2. The molecular formula is C32H31FN4O5. The molecule has 0 saturated heterocycles. The fraction of sp³-hybridized carbons (Fsp3) is 0.219. The van der Waals surface area contributed by atoms with Crippen molar-refractivity contribution in [1.82, 2.24) is 14.3 Å². The van der Waals surface area contributed by atoms with E-state index < -0.39 is 11.4 Å². The van der Waals surface area contributed by atoms with Gasteiger partial charge < -0.3 is 19.9 Å². The van der Waals surface area contributed by atoms with Crippen molar-refractivity contribution in [3.63, 3.8) is 0 Å². The lowest BCUT2D eigenvalue weighted by molar-refractivity contribution is 0.0857. The summed E-state index contributed by atoms with van der Waals surface area (Å²) in [7, 11) is 3.49. The maximum absolute atomic E-state index is 14.2. The molecule has 1 saturated carbocycles. The molecule has 2 N–H and O–H groups in total. The average molecular weight is 571 g/mol. The standard InChI is InChI=1S/C20H19FN2O3.C12H12N2O2/c1-22-13-2-5-19(16(21)10-13)26-18-6-9-23-17-11-14(3-4-15(17)18)25-12-20(24)7-8-20;1-9-11(8-15)12(16)14(13(9)2)10-6-4-3-5-7-10/h2-6,9-11,22,24H,7-8,12H2,1H3;3-8H,1-2H3. The number of carbonyl (C=O) groups is 1. The summed E-state index contributed by atoms with van der Waals surface area (Å²) in [4.78, 5) is 27.1. The summed E-state index contributed by atoms with van der Waals surface area (Å²) in [5.74, 6) is 0.845. The van der Waals surface area contributed by atoms with Gasteiger partial charge in [-0.1, -0.05) is 18.2 Å². The minimum absolute atomic E-state index is 0.146. The van der Waals surface area contributed by atoms with Crippen LogP contribution in [0, 0.1) is 12.7 Å². The summed E-state index contributed by atoms with van der Waals surface area (Å²) in [5.41, 5.74) is 2.04. The lowest BCUT2D eigenvalue weighted by Crippen LogP contribution is -2.20. The number of benzene rings is 3. The molecule has 2 aromatic heterocycles. The Kier molecular flexibility index (Phi) is 8.08. The van der Waals surface area contributed by atoms with E-state index in [0.717, 1.165) is 23.9 Å². The smallest absolute Gasteiger partial charge is 0.282 e. The number of para-hydroxylation sites is 1. The van der Waals surface area contributed by atoms with Crippen LogP contribution in [0.3, 0.4) is 0 Å². The van der Waals surface area contributed by atoms with Gasteiger partial charge in [-0.25, -0.2) is 9.07 Å². The molecule has 2 heterocycles. The van der Waals surface area contributed by atoms with E-state index >= 15 is 0 Å². The number of carbonyl (C=O) groups excluding carboxylic acids is 1. The van der Waals surface area contributed by atoms with Gasteiger partial charge in [-0.3, -0.25) is 19.3 Å². The highest BCUT2D eigenvalue weighted by atomic mass is 19.1. The molecular weight excluding hydrogens is 539 g/mol. The van der Waals surface area contributed by atoms with Gasteiger partial charge >= 0.3 is 0 Å². The predicted octanol–water partition coefficient (Wildman–Crippen LogP) is 5.41. The summed E-state index contributed by atoms with van der Waals surface area (Å²) in [6.07, 6.45) is 3.76. The zero-order chi connectivity index (χ0) is 29.9. The number of aliphatic hydroxyl groups is 1. The predicted molar refractivity (Wildman–Crippen MR) is 159 cm³/mol. The lowest BCUT2D eigenvalue weighted by atomic mass is 10.2. The number of nitrogens with one attached hydrogen (secondary N) is 1. The largest absolute Gasteiger partial charge is 0.491 e. The molecule has 0 radical (unpaired) electrons. The number of halogens is 1. The average Bonchev–Trinajstić information content (AvgIpc) is 3.70. The molecule has 216 valence electrons. The van der Waals surface area contributed by atoms with Gasteiger partial charge in [-0.05, 0) is 62.2 Å². The van der Waals surface area contributed by atoms with Gasteiger partial charge in [0.2, 0.25) is 0 Å². The molecule has 9 nitrogen and oxygen atoms in total. The van der Waals surface area contributed by atoms with Crippen molar-refractivity contribution in [2.24, 2.45) is 7.05 Å². The SMILES string of the molecule is CNc1ccc(Oc2ccnc3cc(OCC4(O)CC4)ccc23)c(F)c1.Cc1c(C=O)c(=O)n(-c2ccccc2)n1C. The van der Waals surface area contributed by atoms with E-state index in [-0.39, 0.29) is 23.5 Å². The van der Waals surface area contributed by atoms with Gasteiger partial charge in [0.1, 0.15) is 23.7 Å². The summed E-state index contributed by atoms with van der Waals surface area (Å²) in [5, 5.41) is 13.5. The number of hydrogen-bond acceptors (Lipinski definition) is 7. The quantitative estimate of drug-likeness (QED) is 0.240. The van der Waals surface area contributed by atoms with E-state index in [9.17, 15) is 19.1 Å². The highest BCUT2D eigenvalue weighted by Gasteiger charge is 2.41. The molecule has 5 aromatic rings. The second-order valence-corrected chi connectivity index (χ2v) is 10.1. The number of aromatic nitrogens is 3. The Morgan fingerprint density at radius 1 is 1.07 bits per heavy atom. The van der Waals surface area contributed by atoms with Crippen molar-refractivity contribution in [1.29, 1.82) is 0 Å². The van der Waals surface area contributed by atoms with Crippen molar-refractivity contribution in [3.05, 3.63) is 106 Å². The van der Waals surface area contributed by atoms with Crippen LogP contribution in [0.1, 0.15) is 28.9 Å². The Balaban J connectivity index is 0.000000189. The van der Waals surface area contributed by atoms with Crippen LogP contribution >= 0.6 is 0 Å². The molecule has 10 heteroatoms. The van der Waals surface area contributed by atoms with E-state index in [4.69, 9.17) is 9.47 Å². The summed E-state index contributed by atoms with van der Waals surface area (Å²) < 4.78 is 28.8. The van der Waals surface area contributed by atoms with Crippen LogP contribution in [0.2, 0.25) is 0 Å². The van der Waals surface area contributed by atoms with Crippen LogP contribution in [0.5, 0.6) is 17.2 Å². The molecule has 0 aliphatic heterocycles. The molecule has 1 aliphatic carbocycles. The second kappa shape index (κ2) is 11.9. The maximum Gasteiger partial charge on any atom is 0.282 e. The van der Waals surface area contributed by atoms with Gasteiger partial charge in [-0.2, -0.15) is 0 Å². The van der Waals surface area contributed by atoms with Gasteiger partial charge in [0.05, 0.1) is 16.8 Å². The van der Waals surface area contributed by atoms with Crippen molar-refractivity contribution in [3.8, 4) is 22.9 Å². The monoisotopic (exact) mass is 570 g/mol. The minimum Gasteiger partial charge on any atom is -0.491 e. The normalized spacial score (nSPS) is 13.2. The third kappa shape index (κ3) is 6.03. The maximum atomic E-state index is 14.2. The molecule has 0 amide bonds. The first-order valence-corrected chi connectivity index (χ1v) is 13.4. The number of nitrogens with zero attached hydrogens (tertiary/aromatic N) is 3. The van der Waals surface area contributed by atoms with Crippen LogP contribution in [0.25, 0.3) is 16.6 Å². The van der Waals surface area contributed by atoms with Crippen molar-refractivity contribution in [2.45, 2.75) is 25.4 Å². The number of fused-ring (bicyclic) bond motifs is 1. The Morgan fingerprint density at radius 3 is 2.48 bits per heavy atom. The number of hydrogen-bond donors (Lipinski definition) is 2. The lowest BCUT2D eigenvalue weighted by Gasteiger charge is -2.13. The number of rotatable bonds is 8. The zero-order valence-corrected chi connectivity index (χ0v) is 23.5. The van der Waals surface area contributed by atoms with Gasteiger partial charge in [0.15, 0.2) is 17.9 Å². The van der Waals surface area contributed by atoms with Crippen LogP contribution < -0.4 is 20.3 Å². The van der Waals surface area contributed by atoms with Crippen LogP contribution in [-0.4, -0.2) is 45.0 Å². The van der Waals surface area contributed by atoms with Gasteiger partial charge in [0.25, 0.3) is 5.56 Å². The summed E-state index contributed by atoms with van der Waals surface area (Å²) in [6, 6.07) is 21.1. The number of aldehydes is 1. The van der Waals surface area contributed by atoms with Gasteiger partial charge in [0, 0.05) is 49.2 Å². The van der Waals surface area contributed by atoms with E-state index in [1.165, 1.54) is 10.7 Å². The number of pyridine rings is 1. The highest BCUT2D eigenvalue weighted by Crippen LogP contribution is 2.36. The highest BCUT2D eigenvalue weighted by molar-refractivity contribution is 5.86. The fourth-order valence-electron chi connectivity index (χ4n) is 4.37. The Labute approximate surface area is 241 Å². The summed E-state index contributed by atoms with van der Waals surface area (Å²) in [6.45, 7) is 2.03. The second-order valence-electron chi connectivity index (χ2n) is 10.1. The number of anilines is 1. The number of ether oxygens (including phenoxy) is 2. The molecule has 1 fully saturated rings. The van der Waals surface area contributed by atoms with Crippen LogP contribution in [-0.2, 0) is 7.05 Å². The topological polar surface area (TPSA) is 108 Å². The minimum atomic E-state index is -0.676. The van der Waals surface area contributed by atoms with E-state index in [1.54, 1.807) is 62.2 Å². The Bertz CT molecular complexity index is 1790. The third-order valence-electron chi connectivity index (χ3n) is 7.17. The van der Waals surface area contributed by atoms with E-state index in [2.05, 4.69) is 10.3 Å². The molecule has 0 bridgehead atoms. The molecule has 1 aliphatic rings. The molecule has 42 heavy (non-hydrogen) atoms. The van der Waals surface area contributed by atoms with Crippen molar-refractivity contribution >= 4 is 22.9 Å². The molecule has 0 atom stereocenters. The molecule has 0 unspecified atom stereocenters. The zero-order valence-electron chi connectivity index (χ0n) is 23.5. The third-order valence-corrected chi connectivity index (χ3v) is 7.17. The van der Waals surface area contributed by atoms with E-state index in [1.807, 2.05) is 36.4 Å². The molecule has 0 spiro atoms.